The lowest BCUT2D eigenvalue weighted by Crippen LogP contribution is -2.34. The Morgan fingerprint density at radius 3 is 2.95 bits per heavy atom. The van der Waals surface area contributed by atoms with Crippen molar-refractivity contribution >= 4 is 5.91 Å². The number of nitrogens with one attached hydrogen (secondary N) is 2. The maximum absolute atomic E-state index is 11.6. The summed E-state index contributed by atoms with van der Waals surface area (Å²) < 4.78 is 5.57. The third-order valence-corrected chi connectivity index (χ3v) is 3.60. The van der Waals surface area contributed by atoms with Crippen LogP contribution in [-0.4, -0.2) is 25.6 Å². The predicted octanol–water partition coefficient (Wildman–Crippen LogP) is 2.19. The van der Waals surface area contributed by atoms with Crippen LogP contribution < -0.4 is 15.4 Å². The van der Waals surface area contributed by atoms with Gasteiger partial charge >= 0.3 is 0 Å². The van der Waals surface area contributed by atoms with Crippen molar-refractivity contribution in [1.29, 1.82) is 0 Å². The summed E-state index contributed by atoms with van der Waals surface area (Å²) in [6.07, 6.45) is 3.46. The van der Waals surface area contributed by atoms with Crippen LogP contribution in [0.5, 0.6) is 5.75 Å². The van der Waals surface area contributed by atoms with E-state index in [4.69, 9.17) is 4.74 Å². The maximum Gasteiger partial charge on any atom is 0.258 e. The molecule has 1 aliphatic carbocycles. The zero-order valence-corrected chi connectivity index (χ0v) is 12.5. The monoisotopic (exact) mass is 276 g/mol. The molecule has 110 valence electrons. The highest BCUT2D eigenvalue weighted by atomic mass is 16.5. The number of carbonyl (C=O) groups excluding carboxylic acids is 1. The van der Waals surface area contributed by atoms with Gasteiger partial charge in [0.2, 0.25) is 0 Å². The van der Waals surface area contributed by atoms with E-state index in [9.17, 15) is 4.79 Å². The number of hydrogen-bond donors (Lipinski definition) is 2. The van der Waals surface area contributed by atoms with Gasteiger partial charge in [0.1, 0.15) is 5.75 Å². The van der Waals surface area contributed by atoms with Crippen LogP contribution in [0.25, 0.3) is 0 Å². The van der Waals surface area contributed by atoms with E-state index in [1.165, 1.54) is 24.0 Å². The van der Waals surface area contributed by atoms with E-state index >= 15 is 0 Å². The molecule has 0 heterocycles. The third-order valence-electron chi connectivity index (χ3n) is 3.60. The molecule has 1 unspecified atom stereocenters. The first-order valence-electron chi connectivity index (χ1n) is 7.32. The summed E-state index contributed by atoms with van der Waals surface area (Å²) in [5.41, 5.74) is 2.69. The van der Waals surface area contributed by atoms with E-state index in [1.807, 2.05) is 27.0 Å². The van der Waals surface area contributed by atoms with Gasteiger partial charge < -0.3 is 15.4 Å². The second-order valence-electron chi connectivity index (χ2n) is 5.60. The fraction of sp³-hybridized carbons (Fsp3) is 0.562. The number of benzene rings is 1. The van der Waals surface area contributed by atoms with Crippen molar-refractivity contribution in [3.63, 3.8) is 0 Å². The Morgan fingerprint density at radius 1 is 1.45 bits per heavy atom. The minimum absolute atomic E-state index is 0.0758. The van der Waals surface area contributed by atoms with Crippen LogP contribution in [-0.2, 0) is 11.2 Å². The average Bonchev–Trinajstić information content (AvgIpc) is 2.43. The van der Waals surface area contributed by atoms with Gasteiger partial charge in [-0.3, -0.25) is 4.79 Å². The minimum atomic E-state index is -0.0779. The molecule has 2 N–H and O–H groups in total. The number of aryl methyl sites for hydroxylation is 1. The largest absolute Gasteiger partial charge is 0.484 e. The Labute approximate surface area is 120 Å². The highest BCUT2D eigenvalue weighted by Gasteiger charge is 2.19. The van der Waals surface area contributed by atoms with Gasteiger partial charge in [-0.25, -0.2) is 0 Å². The second-order valence-corrected chi connectivity index (χ2v) is 5.60. The van der Waals surface area contributed by atoms with E-state index in [0.29, 0.717) is 6.04 Å². The van der Waals surface area contributed by atoms with Crippen LogP contribution >= 0.6 is 0 Å². The molecule has 0 bridgehead atoms. The molecule has 4 heteroatoms. The molecule has 0 aliphatic heterocycles. The first kappa shape index (κ1) is 14.9. The van der Waals surface area contributed by atoms with Crippen LogP contribution in [0.4, 0.5) is 0 Å². The van der Waals surface area contributed by atoms with E-state index in [2.05, 4.69) is 22.8 Å². The zero-order chi connectivity index (χ0) is 14.5. The smallest absolute Gasteiger partial charge is 0.258 e. The van der Waals surface area contributed by atoms with Crippen LogP contribution in [0.3, 0.4) is 0 Å². The number of carbonyl (C=O) groups is 1. The number of rotatable bonds is 5. The van der Waals surface area contributed by atoms with Gasteiger partial charge in [-0.05, 0) is 63.4 Å². The lowest BCUT2D eigenvalue weighted by atomic mass is 9.87. The van der Waals surface area contributed by atoms with Crippen molar-refractivity contribution in [1.82, 2.24) is 10.6 Å². The van der Waals surface area contributed by atoms with E-state index in [1.54, 1.807) is 0 Å². The van der Waals surface area contributed by atoms with Crippen molar-refractivity contribution in [3.05, 3.63) is 29.3 Å². The molecule has 0 fully saturated rings. The molecule has 1 amide bonds. The van der Waals surface area contributed by atoms with Crippen molar-refractivity contribution in [2.75, 3.05) is 13.7 Å². The van der Waals surface area contributed by atoms with E-state index in [0.717, 1.165) is 12.2 Å². The molecule has 0 spiro atoms. The quantitative estimate of drug-likeness (QED) is 0.866. The lowest BCUT2D eigenvalue weighted by molar-refractivity contribution is -0.123. The highest BCUT2D eigenvalue weighted by Crippen LogP contribution is 2.31. The van der Waals surface area contributed by atoms with Crippen molar-refractivity contribution in [2.24, 2.45) is 0 Å². The van der Waals surface area contributed by atoms with Crippen molar-refractivity contribution < 1.29 is 9.53 Å². The summed E-state index contributed by atoms with van der Waals surface area (Å²) in [5.74, 6) is 0.699. The Hall–Kier alpha value is -1.55. The Morgan fingerprint density at radius 2 is 2.25 bits per heavy atom. The Bertz CT molecular complexity index is 472. The minimum Gasteiger partial charge on any atom is -0.484 e. The molecular weight excluding hydrogens is 252 g/mol. The molecule has 0 saturated carbocycles. The SMILES string of the molecule is CNC1CCCc2cc(OCC(=O)NC(C)C)ccc21. The number of ether oxygens (including phenoxy) is 1. The molecule has 1 aliphatic rings. The first-order chi connectivity index (χ1) is 9.60. The number of amides is 1. The van der Waals surface area contributed by atoms with Crippen molar-refractivity contribution in [3.8, 4) is 5.75 Å². The second kappa shape index (κ2) is 6.75. The van der Waals surface area contributed by atoms with Crippen LogP contribution in [0.1, 0.15) is 43.9 Å². The summed E-state index contributed by atoms with van der Waals surface area (Å²) >= 11 is 0. The summed E-state index contributed by atoms with van der Waals surface area (Å²) in [7, 11) is 2.00. The Balaban J connectivity index is 1.99. The molecule has 0 radical (unpaired) electrons. The molecule has 2 rings (SSSR count). The lowest BCUT2D eigenvalue weighted by Gasteiger charge is -2.25. The Kier molecular flexibility index (Phi) is 5.01. The molecule has 1 aromatic carbocycles. The maximum atomic E-state index is 11.6. The number of hydrogen-bond acceptors (Lipinski definition) is 3. The first-order valence-corrected chi connectivity index (χ1v) is 7.32. The van der Waals surface area contributed by atoms with Gasteiger partial charge in [-0.2, -0.15) is 0 Å². The molecule has 0 aromatic heterocycles. The molecule has 20 heavy (non-hydrogen) atoms. The molecular formula is C16H24N2O2. The molecule has 4 nitrogen and oxygen atoms in total. The van der Waals surface area contributed by atoms with Crippen LogP contribution in [0.2, 0.25) is 0 Å². The standard InChI is InChI=1S/C16H24N2O2/c1-11(2)18-16(19)10-20-13-7-8-14-12(9-13)5-4-6-15(14)17-3/h7-9,11,15,17H,4-6,10H2,1-3H3,(H,18,19). The highest BCUT2D eigenvalue weighted by molar-refractivity contribution is 5.77. The van der Waals surface area contributed by atoms with Crippen LogP contribution in [0, 0.1) is 0 Å². The van der Waals surface area contributed by atoms with Gasteiger partial charge in [0.05, 0.1) is 0 Å². The normalized spacial score (nSPS) is 17.7. The predicted molar refractivity (Wildman–Crippen MR) is 80.0 cm³/mol. The summed E-state index contributed by atoms with van der Waals surface area (Å²) in [6, 6.07) is 6.73. The van der Waals surface area contributed by atoms with E-state index < -0.39 is 0 Å². The van der Waals surface area contributed by atoms with Crippen LogP contribution in [0.15, 0.2) is 18.2 Å². The van der Waals surface area contributed by atoms with Gasteiger partial charge in [0.25, 0.3) is 5.91 Å². The zero-order valence-electron chi connectivity index (χ0n) is 12.5. The van der Waals surface area contributed by atoms with Gasteiger partial charge in [-0.15, -0.1) is 0 Å². The van der Waals surface area contributed by atoms with E-state index in [-0.39, 0.29) is 18.6 Å². The summed E-state index contributed by atoms with van der Waals surface area (Å²) in [5, 5.41) is 6.16. The average molecular weight is 276 g/mol. The van der Waals surface area contributed by atoms with Gasteiger partial charge in [0, 0.05) is 12.1 Å². The molecule has 1 atom stereocenters. The van der Waals surface area contributed by atoms with Gasteiger partial charge in [-0.1, -0.05) is 6.07 Å². The fourth-order valence-corrected chi connectivity index (χ4v) is 2.69. The molecule has 1 aromatic rings. The summed E-state index contributed by atoms with van der Waals surface area (Å²) in [4.78, 5) is 11.6. The number of fused-ring (bicyclic) bond motifs is 1. The van der Waals surface area contributed by atoms with Gasteiger partial charge in [0.15, 0.2) is 6.61 Å². The fourth-order valence-electron chi connectivity index (χ4n) is 2.69. The third kappa shape index (κ3) is 3.73. The van der Waals surface area contributed by atoms with Crippen molar-refractivity contribution in [2.45, 2.75) is 45.2 Å². The summed E-state index contributed by atoms with van der Waals surface area (Å²) in [6.45, 7) is 3.95. The molecule has 0 saturated heterocycles. The topological polar surface area (TPSA) is 50.4 Å².